The Hall–Kier alpha value is -1.09. The van der Waals surface area contributed by atoms with Crippen LogP contribution in [0.5, 0.6) is 0 Å². The molecule has 0 aliphatic rings. The summed E-state index contributed by atoms with van der Waals surface area (Å²) in [6, 6.07) is 3.94. The molecule has 0 fully saturated rings. The average Bonchev–Trinajstić information content (AvgIpc) is 2.24. The zero-order chi connectivity index (χ0) is 12.9. The molecule has 3 nitrogen and oxygen atoms in total. The Bertz CT molecular complexity index is 401. The van der Waals surface area contributed by atoms with Crippen molar-refractivity contribution in [3.63, 3.8) is 0 Å². The van der Waals surface area contributed by atoms with Crippen LogP contribution in [-0.2, 0) is 12.0 Å². The molecule has 1 aromatic heterocycles. The number of nitrogens with one attached hydrogen (secondary N) is 2. The molecular weight excluding hydrogens is 212 g/mol. The van der Waals surface area contributed by atoms with Gasteiger partial charge in [0, 0.05) is 23.2 Å². The Morgan fingerprint density at radius 2 is 2.00 bits per heavy atom. The minimum Gasteiger partial charge on any atom is -0.325 e. The van der Waals surface area contributed by atoms with E-state index in [1.54, 1.807) is 0 Å². The van der Waals surface area contributed by atoms with E-state index in [-0.39, 0.29) is 11.0 Å². The molecule has 2 N–H and O–H groups in total. The molecule has 3 heteroatoms. The summed E-state index contributed by atoms with van der Waals surface area (Å²) in [5, 5.41) is 3.28. The van der Waals surface area contributed by atoms with E-state index in [9.17, 15) is 4.79 Å². The van der Waals surface area contributed by atoms with Gasteiger partial charge in [0.25, 0.3) is 5.56 Å². The van der Waals surface area contributed by atoms with Crippen molar-refractivity contribution < 1.29 is 0 Å². The summed E-state index contributed by atoms with van der Waals surface area (Å²) in [5.74, 6) is 0. The van der Waals surface area contributed by atoms with Gasteiger partial charge in [-0.25, -0.2) is 0 Å². The van der Waals surface area contributed by atoms with Crippen LogP contribution in [0.4, 0.5) is 0 Å². The van der Waals surface area contributed by atoms with Crippen LogP contribution in [0.15, 0.2) is 16.9 Å². The Kier molecular flexibility index (Phi) is 4.94. The largest absolute Gasteiger partial charge is 0.325 e. The number of rotatable bonds is 5. The second kappa shape index (κ2) is 6.01. The van der Waals surface area contributed by atoms with Gasteiger partial charge in [0.05, 0.1) is 0 Å². The summed E-state index contributed by atoms with van der Waals surface area (Å²) in [7, 11) is 0. The molecule has 0 aliphatic carbocycles. The quantitative estimate of drug-likeness (QED) is 0.772. The summed E-state index contributed by atoms with van der Waals surface area (Å²) < 4.78 is 0. The first-order valence-corrected chi connectivity index (χ1v) is 6.38. The number of unbranched alkanes of at least 4 members (excludes halogenated alkanes) is 1. The van der Waals surface area contributed by atoms with Gasteiger partial charge in [-0.05, 0) is 19.0 Å². The van der Waals surface area contributed by atoms with Crippen LogP contribution < -0.4 is 10.9 Å². The fourth-order valence-corrected chi connectivity index (χ4v) is 1.61. The maximum Gasteiger partial charge on any atom is 0.252 e. The monoisotopic (exact) mass is 236 g/mol. The second-order valence-corrected chi connectivity index (χ2v) is 5.51. The van der Waals surface area contributed by atoms with Crippen molar-refractivity contribution in [2.75, 3.05) is 6.54 Å². The number of aromatic amines is 1. The second-order valence-electron chi connectivity index (χ2n) is 5.51. The lowest BCUT2D eigenvalue weighted by molar-refractivity contribution is 0.564. The highest BCUT2D eigenvalue weighted by molar-refractivity contribution is 5.19. The van der Waals surface area contributed by atoms with Crippen LogP contribution in [-0.4, -0.2) is 11.5 Å². The molecule has 0 unspecified atom stereocenters. The molecule has 0 saturated carbocycles. The lowest BCUT2D eigenvalue weighted by Crippen LogP contribution is -2.25. The molecule has 1 rings (SSSR count). The molecular formula is C14H24N2O. The van der Waals surface area contributed by atoms with Gasteiger partial charge in [0.1, 0.15) is 0 Å². The van der Waals surface area contributed by atoms with Crippen LogP contribution in [0.2, 0.25) is 0 Å². The molecule has 17 heavy (non-hydrogen) atoms. The summed E-state index contributed by atoms with van der Waals surface area (Å²) in [6.07, 6.45) is 2.32. The van der Waals surface area contributed by atoms with Crippen LogP contribution in [0.1, 0.15) is 51.8 Å². The topological polar surface area (TPSA) is 44.9 Å². The van der Waals surface area contributed by atoms with Crippen molar-refractivity contribution in [3.05, 3.63) is 33.7 Å². The first kappa shape index (κ1) is 14.0. The maximum absolute atomic E-state index is 11.9. The molecule has 0 aromatic carbocycles. The van der Waals surface area contributed by atoms with E-state index in [1.807, 2.05) is 12.1 Å². The Morgan fingerprint density at radius 3 is 2.53 bits per heavy atom. The summed E-state index contributed by atoms with van der Waals surface area (Å²) in [6.45, 7) is 10.1. The Labute approximate surface area is 104 Å². The van der Waals surface area contributed by atoms with Crippen molar-refractivity contribution in [2.24, 2.45) is 0 Å². The van der Waals surface area contributed by atoms with Crippen LogP contribution in [0, 0.1) is 0 Å². The third-order valence-electron chi connectivity index (χ3n) is 2.82. The van der Waals surface area contributed by atoms with Gasteiger partial charge in [-0.1, -0.05) is 40.2 Å². The molecule has 0 bridgehead atoms. The highest BCUT2D eigenvalue weighted by Crippen LogP contribution is 2.18. The third-order valence-corrected chi connectivity index (χ3v) is 2.82. The van der Waals surface area contributed by atoms with Crippen molar-refractivity contribution in [1.82, 2.24) is 10.3 Å². The Morgan fingerprint density at radius 1 is 1.29 bits per heavy atom. The molecule has 96 valence electrons. The standard InChI is InChI=1S/C14H24N2O/c1-5-6-9-15-10-11-7-8-12(14(2,3)4)16-13(11)17/h7-8,15H,5-6,9-10H2,1-4H3,(H,16,17). The van der Waals surface area contributed by atoms with Gasteiger partial charge in [-0.3, -0.25) is 4.79 Å². The van der Waals surface area contributed by atoms with E-state index in [0.717, 1.165) is 24.2 Å². The van der Waals surface area contributed by atoms with E-state index >= 15 is 0 Å². The highest BCUT2D eigenvalue weighted by Gasteiger charge is 2.14. The first-order chi connectivity index (χ1) is 7.95. The lowest BCUT2D eigenvalue weighted by Gasteiger charge is -2.18. The minimum atomic E-state index is -0.00662. The van der Waals surface area contributed by atoms with Crippen molar-refractivity contribution in [3.8, 4) is 0 Å². The highest BCUT2D eigenvalue weighted by atomic mass is 16.1. The van der Waals surface area contributed by atoms with Gasteiger partial charge in [0.2, 0.25) is 0 Å². The molecule has 0 saturated heterocycles. The van der Waals surface area contributed by atoms with E-state index in [0.29, 0.717) is 6.54 Å². The number of hydrogen-bond acceptors (Lipinski definition) is 2. The van der Waals surface area contributed by atoms with Crippen LogP contribution in [0.25, 0.3) is 0 Å². The fraction of sp³-hybridized carbons (Fsp3) is 0.643. The maximum atomic E-state index is 11.9. The summed E-state index contributed by atoms with van der Waals surface area (Å²) >= 11 is 0. The molecule has 0 spiro atoms. The molecule has 0 atom stereocenters. The molecule has 1 heterocycles. The predicted octanol–water partition coefficient (Wildman–Crippen LogP) is 2.56. The molecule has 0 aliphatic heterocycles. The number of hydrogen-bond donors (Lipinski definition) is 2. The molecule has 0 radical (unpaired) electrons. The third kappa shape index (κ3) is 4.35. The number of aromatic nitrogens is 1. The van der Waals surface area contributed by atoms with Crippen molar-refractivity contribution >= 4 is 0 Å². The van der Waals surface area contributed by atoms with Crippen molar-refractivity contribution in [1.29, 1.82) is 0 Å². The lowest BCUT2D eigenvalue weighted by atomic mass is 9.91. The van der Waals surface area contributed by atoms with E-state index < -0.39 is 0 Å². The van der Waals surface area contributed by atoms with Gasteiger partial charge in [0.15, 0.2) is 0 Å². The smallest absolute Gasteiger partial charge is 0.252 e. The van der Waals surface area contributed by atoms with E-state index in [2.05, 4.69) is 38.0 Å². The van der Waals surface area contributed by atoms with E-state index in [4.69, 9.17) is 0 Å². The number of H-pyrrole nitrogens is 1. The van der Waals surface area contributed by atoms with Crippen molar-refractivity contribution in [2.45, 2.75) is 52.5 Å². The minimum absolute atomic E-state index is 0.00662. The zero-order valence-corrected chi connectivity index (χ0v) is 11.4. The zero-order valence-electron chi connectivity index (χ0n) is 11.4. The fourth-order valence-electron chi connectivity index (χ4n) is 1.61. The summed E-state index contributed by atoms with van der Waals surface area (Å²) in [4.78, 5) is 14.8. The SMILES string of the molecule is CCCCNCc1ccc(C(C)(C)C)[nH]c1=O. The number of pyridine rings is 1. The van der Waals surface area contributed by atoms with Gasteiger partial charge in [-0.2, -0.15) is 0 Å². The van der Waals surface area contributed by atoms with Gasteiger partial charge in [-0.15, -0.1) is 0 Å². The first-order valence-electron chi connectivity index (χ1n) is 6.38. The average molecular weight is 236 g/mol. The van der Waals surface area contributed by atoms with Gasteiger partial charge < -0.3 is 10.3 Å². The van der Waals surface area contributed by atoms with Crippen LogP contribution >= 0.6 is 0 Å². The molecule has 0 amide bonds. The Balaban J connectivity index is 2.67. The molecule has 1 aromatic rings. The summed E-state index contributed by atoms with van der Waals surface area (Å²) in [5.41, 5.74) is 1.82. The van der Waals surface area contributed by atoms with Gasteiger partial charge >= 0.3 is 0 Å². The van der Waals surface area contributed by atoms with E-state index in [1.165, 1.54) is 6.42 Å². The predicted molar refractivity (Wildman–Crippen MR) is 72.4 cm³/mol. The normalized spacial score (nSPS) is 11.8. The van der Waals surface area contributed by atoms with Crippen LogP contribution in [0.3, 0.4) is 0 Å².